The van der Waals surface area contributed by atoms with E-state index in [0.29, 0.717) is 31.0 Å². The average Bonchev–Trinajstić information content (AvgIpc) is 2.76. The number of anilines is 1. The largest absolute Gasteiger partial charge is 0.436 e. The van der Waals surface area contributed by atoms with Crippen LogP contribution in [0.2, 0.25) is 5.02 Å². The van der Waals surface area contributed by atoms with Gasteiger partial charge < -0.3 is 14.5 Å². The molecule has 2 heterocycles. The maximum atomic E-state index is 14.0. The van der Waals surface area contributed by atoms with Crippen LogP contribution < -0.4 is 9.64 Å². The van der Waals surface area contributed by atoms with Crippen LogP contribution in [0.3, 0.4) is 0 Å². The van der Waals surface area contributed by atoms with Crippen LogP contribution in [-0.2, 0) is 0 Å². The minimum absolute atomic E-state index is 0.0112. The van der Waals surface area contributed by atoms with Crippen LogP contribution in [0.1, 0.15) is 17.3 Å². The number of carbonyl (C=O) groups excluding carboxylic acids is 1. The van der Waals surface area contributed by atoms with E-state index >= 15 is 0 Å². The first-order valence-electron chi connectivity index (χ1n) is 9.67. The van der Waals surface area contributed by atoms with Crippen molar-refractivity contribution >= 4 is 23.3 Å². The predicted molar refractivity (Wildman–Crippen MR) is 113 cm³/mol. The Morgan fingerprint density at radius 1 is 1.10 bits per heavy atom. The van der Waals surface area contributed by atoms with Gasteiger partial charge in [-0.15, -0.1) is 0 Å². The Bertz CT molecular complexity index is 1100. The van der Waals surface area contributed by atoms with Crippen LogP contribution in [0, 0.1) is 11.6 Å². The molecule has 1 aromatic heterocycles. The van der Waals surface area contributed by atoms with E-state index in [0.717, 1.165) is 6.07 Å². The molecule has 1 amide bonds. The highest BCUT2D eigenvalue weighted by atomic mass is 35.5. The molecule has 31 heavy (non-hydrogen) atoms. The van der Waals surface area contributed by atoms with Crippen LogP contribution in [-0.4, -0.2) is 46.5 Å². The molecule has 1 fully saturated rings. The number of benzene rings is 2. The molecular weight excluding hydrogens is 426 g/mol. The minimum atomic E-state index is -0.589. The SMILES string of the molecule is CC1CN(c2cc(Oc3ccc(Cl)cc3F)ncn2)CCN1C(=O)c1ccc(F)cc1. The summed E-state index contributed by atoms with van der Waals surface area (Å²) in [5.74, 6) is -0.290. The molecular formula is C22H19ClF2N4O2. The van der Waals surface area contributed by atoms with Crippen molar-refractivity contribution in [3.05, 3.63) is 77.1 Å². The molecule has 0 saturated carbocycles. The van der Waals surface area contributed by atoms with Crippen LogP contribution in [0.4, 0.5) is 14.6 Å². The Morgan fingerprint density at radius 3 is 2.58 bits per heavy atom. The number of piperazine rings is 1. The number of ether oxygens (including phenoxy) is 1. The summed E-state index contributed by atoms with van der Waals surface area (Å²) < 4.78 is 32.7. The van der Waals surface area contributed by atoms with Gasteiger partial charge in [0.05, 0.1) is 0 Å². The van der Waals surface area contributed by atoms with E-state index in [2.05, 4.69) is 9.97 Å². The number of rotatable bonds is 4. The summed E-state index contributed by atoms with van der Waals surface area (Å²) in [6.45, 7) is 3.50. The van der Waals surface area contributed by atoms with Gasteiger partial charge in [0.1, 0.15) is 18.0 Å². The van der Waals surface area contributed by atoms with Crippen molar-refractivity contribution in [3.63, 3.8) is 0 Å². The third-order valence-corrected chi connectivity index (χ3v) is 5.27. The molecule has 1 aliphatic rings. The lowest BCUT2D eigenvalue weighted by molar-refractivity contribution is 0.0673. The summed E-state index contributed by atoms with van der Waals surface area (Å²) in [6.07, 6.45) is 1.35. The Kier molecular flexibility index (Phi) is 5.99. The zero-order chi connectivity index (χ0) is 22.0. The van der Waals surface area contributed by atoms with Crippen molar-refractivity contribution in [3.8, 4) is 11.6 Å². The highest BCUT2D eigenvalue weighted by Crippen LogP contribution is 2.27. The second kappa shape index (κ2) is 8.85. The van der Waals surface area contributed by atoms with Crippen LogP contribution in [0.15, 0.2) is 54.9 Å². The molecule has 0 spiro atoms. The normalized spacial score (nSPS) is 16.3. The first-order valence-corrected chi connectivity index (χ1v) is 10.0. The third kappa shape index (κ3) is 4.74. The van der Waals surface area contributed by atoms with Crippen LogP contribution in [0.25, 0.3) is 0 Å². The fourth-order valence-electron chi connectivity index (χ4n) is 3.45. The molecule has 1 aliphatic heterocycles. The van der Waals surface area contributed by atoms with E-state index in [1.165, 1.54) is 42.7 Å². The van der Waals surface area contributed by atoms with Crippen molar-refractivity contribution in [1.82, 2.24) is 14.9 Å². The third-order valence-electron chi connectivity index (χ3n) is 5.04. The topological polar surface area (TPSA) is 58.6 Å². The lowest BCUT2D eigenvalue weighted by Gasteiger charge is -2.40. The Labute approximate surface area is 183 Å². The maximum Gasteiger partial charge on any atom is 0.254 e. The molecule has 3 aromatic rings. The summed E-state index contributed by atoms with van der Waals surface area (Å²) >= 11 is 5.77. The molecule has 160 valence electrons. The van der Waals surface area contributed by atoms with E-state index in [9.17, 15) is 13.6 Å². The van der Waals surface area contributed by atoms with Crippen molar-refractivity contribution in [2.75, 3.05) is 24.5 Å². The number of halogens is 3. The molecule has 0 bridgehead atoms. The highest BCUT2D eigenvalue weighted by Gasteiger charge is 2.29. The van der Waals surface area contributed by atoms with Crippen molar-refractivity contribution in [2.45, 2.75) is 13.0 Å². The highest BCUT2D eigenvalue weighted by molar-refractivity contribution is 6.30. The molecule has 0 radical (unpaired) electrons. The predicted octanol–water partition coefficient (Wildman–Crippen LogP) is 4.55. The fraction of sp³-hybridized carbons (Fsp3) is 0.227. The van der Waals surface area contributed by atoms with Crippen LogP contribution >= 0.6 is 11.6 Å². The number of hydrogen-bond acceptors (Lipinski definition) is 5. The van der Waals surface area contributed by atoms with Gasteiger partial charge in [0.15, 0.2) is 11.6 Å². The smallest absolute Gasteiger partial charge is 0.254 e. The molecule has 6 nitrogen and oxygen atoms in total. The van der Waals surface area contributed by atoms with Gasteiger partial charge in [0.2, 0.25) is 5.88 Å². The Morgan fingerprint density at radius 2 is 1.87 bits per heavy atom. The zero-order valence-corrected chi connectivity index (χ0v) is 17.4. The summed E-state index contributed by atoms with van der Waals surface area (Å²) in [4.78, 5) is 24.9. The maximum absolute atomic E-state index is 14.0. The first-order chi connectivity index (χ1) is 14.9. The first kappa shape index (κ1) is 21.0. The zero-order valence-electron chi connectivity index (χ0n) is 16.6. The summed E-state index contributed by atoms with van der Waals surface area (Å²) in [7, 11) is 0. The number of aromatic nitrogens is 2. The quantitative estimate of drug-likeness (QED) is 0.590. The van der Waals surface area contributed by atoms with Crippen LogP contribution in [0.5, 0.6) is 11.6 Å². The van der Waals surface area contributed by atoms with Gasteiger partial charge >= 0.3 is 0 Å². The Balaban J connectivity index is 1.45. The molecule has 4 rings (SSSR count). The Hall–Kier alpha value is -3.26. The molecule has 0 N–H and O–H groups in total. The molecule has 1 unspecified atom stereocenters. The summed E-state index contributed by atoms with van der Waals surface area (Å²) in [5, 5.41) is 0.273. The van der Waals surface area contributed by atoms with E-state index < -0.39 is 5.82 Å². The summed E-state index contributed by atoms with van der Waals surface area (Å²) in [5.41, 5.74) is 0.449. The van der Waals surface area contributed by atoms with Gasteiger partial charge in [-0.2, -0.15) is 0 Å². The standard InChI is InChI=1S/C22H19ClF2N4O2/c1-14-12-28(8-9-29(14)22(30)15-2-5-17(24)6-3-15)20-11-21(27-13-26-20)31-19-7-4-16(23)10-18(19)25/h2-7,10-11,13-14H,8-9,12H2,1H3. The molecule has 1 saturated heterocycles. The van der Waals surface area contributed by atoms with Gasteiger partial charge in [-0.25, -0.2) is 18.7 Å². The lowest BCUT2D eigenvalue weighted by Crippen LogP contribution is -2.54. The fourth-order valence-corrected chi connectivity index (χ4v) is 3.61. The number of nitrogens with zero attached hydrogens (tertiary/aromatic N) is 4. The van der Waals surface area contributed by atoms with E-state index in [1.807, 2.05) is 11.8 Å². The van der Waals surface area contributed by atoms with E-state index in [4.69, 9.17) is 16.3 Å². The second-order valence-electron chi connectivity index (χ2n) is 7.19. The molecule has 0 aliphatic carbocycles. The number of amides is 1. The molecule has 1 atom stereocenters. The van der Waals surface area contributed by atoms with Gasteiger partial charge in [-0.1, -0.05) is 11.6 Å². The van der Waals surface area contributed by atoms with Crippen molar-refractivity contribution in [2.24, 2.45) is 0 Å². The van der Waals surface area contributed by atoms with E-state index in [-0.39, 0.29) is 34.4 Å². The minimum Gasteiger partial charge on any atom is -0.436 e. The van der Waals surface area contributed by atoms with E-state index in [1.54, 1.807) is 11.0 Å². The van der Waals surface area contributed by atoms with Crippen molar-refractivity contribution < 1.29 is 18.3 Å². The second-order valence-corrected chi connectivity index (χ2v) is 7.63. The van der Waals surface area contributed by atoms with Gasteiger partial charge in [0.25, 0.3) is 5.91 Å². The van der Waals surface area contributed by atoms with Gasteiger partial charge in [-0.3, -0.25) is 4.79 Å². The van der Waals surface area contributed by atoms with Gasteiger partial charge in [0, 0.05) is 42.3 Å². The lowest BCUT2D eigenvalue weighted by atomic mass is 10.1. The average molecular weight is 445 g/mol. The van der Waals surface area contributed by atoms with Crippen molar-refractivity contribution in [1.29, 1.82) is 0 Å². The van der Waals surface area contributed by atoms with Gasteiger partial charge in [-0.05, 0) is 49.4 Å². The number of carbonyl (C=O) groups is 1. The number of hydrogen-bond donors (Lipinski definition) is 0. The molecule has 9 heteroatoms. The monoisotopic (exact) mass is 444 g/mol. The molecule has 2 aromatic carbocycles. The summed E-state index contributed by atoms with van der Waals surface area (Å²) in [6, 6.07) is 11.2.